The smallest absolute Gasteiger partial charge is 0.255 e. The van der Waals surface area contributed by atoms with E-state index in [1.807, 2.05) is 43.3 Å². The van der Waals surface area contributed by atoms with E-state index in [1.165, 1.54) is 12.0 Å². The topological polar surface area (TPSA) is 154 Å². The minimum absolute atomic E-state index is 0.0724. The molecule has 1 saturated carbocycles. The number of hydrogen-bond acceptors (Lipinski definition) is 9. The van der Waals surface area contributed by atoms with E-state index in [1.54, 1.807) is 14.1 Å². The molecule has 2 aromatic rings. The van der Waals surface area contributed by atoms with E-state index in [4.69, 9.17) is 10.5 Å². The van der Waals surface area contributed by atoms with Crippen LogP contribution in [0.4, 0.5) is 5.69 Å². The van der Waals surface area contributed by atoms with Crippen LogP contribution in [0.1, 0.15) is 17.5 Å². The molecule has 1 amide bonds. The molecule has 3 aliphatic rings. The number of benzene rings is 2. The second kappa shape index (κ2) is 8.57. The number of rotatable bonds is 4. The number of hydrogen-bond donors (Lipinski definition) is 4. The Morgan fingerprint density at radius 1 is 1.11 bits per heavy atom. The summed E-state index contributed by atoms with van der Waals surface area (Å²) >= 11 is 0. The van der Waals surface area contributed by atoms with Gasteiger partial charge in [0.2, 0.25) is 5.78 Å². The van der Waals surface area contributed by atoms with E-state index in [0.717, 1.165) is 22.0 Å². The molecule has 0 unspecified atom stereocenters. The SMILES string of the molecule is COc1c2c(c(N(C)C)c3ccccc13)C[C@H]1C[C@H]3[C@H](N(C)C)C(=O)C(C(N)=O)=C(O)[C@@]3(O)C(=O)C1=C2O. The highest BCUT2D eigenvalue weighted by Crippen LogP contribution is 2.55. The first-order valence-electron chi connectivity index (χ1n) is 12.3. The van der Waals surface area contributed by atoms with Crippen LogP contribution in [0.15, 0.2) is 41.2 Å². The number of Topliss-reactive ketones (excluding diaryl/α,β-unsaturated/α-hetero) is 2. The molecular weight excluding hydrogens is 490 g/mol. The number of aliphatic hydroxyl groups excluding tert-OH is 2. The highest BCUT2D eigenvalue weighted by molar-refractivity contribution is 6.24. The molecule has 10 nitrogen and oxygen atoms in total. The number of carbonyl (C=O) groups is 3. The maximum atomic E-state index is 14.1. The number of amides is 1. The van der Waals surface area contributed by atoms with Crippen LogP contribution >= 0.6 is 0 Å². The Hall–Kier alpha value is -3.89. The van der Waals surface area contributed by atoms with Crippen LogP contribution in [0.3, 0.4) is 0 Å². The first-order chi connectivity index (χ1) is 17.9. The number of anilines is 1. The van der Waals surface area contributed by atoms with Crippen molar-refractivity contribution in [1.29, 1.82) is 0 Å². The summed E-state index contributed by atoms with van der Waals surface area (Å²) in [5, 5.41) is 36.1. The number of ether oxygens (including phenoxy) is 1. The van der Waals surface area contributed by atoms with E-state index >= 15 is 0 Å². The number of methoxy groups -OCH3 is 1. The number of carbonyl (C=O) groups excluding carboxylic acids is 3. The molecule has 3 aliphatic carbocycles. The summed E-state index contributed by atoms with van der Waals surface area (Å²) in [6.45, 7) is 0. The molecule has 0 bridgehead atoms. The summed E-state index contributed by atoms with van der Waals surface area (Å²) in [6.07, 6.45) is 0.414. The molecule has 5 rings (SSSR count). The third-order valence-corrected chi connectivity index (χ3v) is 8.21. The zero-order chi connectivity index (χ0) is 27.8. The molecule has 10 heteroatoms. The fourth-order valence-corrected chi connectivity index (χ4v) is 6.74. The van der Waals surface area contributed by atoms with Crippen LogP contribution in [0, 0.1) is 11.8 Å². The first-order valence-corrected chi connectivity index (χ1v) is 12.3. The van der Waals surface area contributed by atoms with Crippen molar-refractivity contribution in [2.75, 3.05) is 40.2 Å². The fourth-order valence-electron chi connectivity index (χ4n) is 6.74. The molecule has 0 saturated heterocycles. The lowest BCUT2D eigenvalue weighted by molar-refractivity contribution is -0.153. The molecular formula is C28H31N3O7. The molecule has 200 valence electrons. The molecule has 0 radical (unpaired) electrons. The summed E-state index contributed by atoms with van der Waals surface area (Å²) in [5.74, 6) is -5.63. The van der Waals surface area contributed by atoms with Crippen LogP contribution in [-0.2, 0) is 20.8 Å². The van der Waals surface area contributed by atoms with E-state index < -0.39 is 52.3 Å². The minimum Gasteiger partial charge on any atom is -0.508 e. The predicted octanol–water partition coefficient (Wildman–Crippen LogP) is 1.49. The van der Waals surface area contributed by atoms with E-state index in [9.17, 15) is 29.7 Å². The number of primary amides is 1. The van der Waals surface area contributed by atoms with Crippen molar-refractivity contribution < 1.29 is 34.4 Å². The van der Waals surface area contributed by atoms with Crippen LogP contribution in [0.25, 0.3) is 16.5 Å². The second-order valence-corrected chi connectivity index (χ2v) is 10.6. The summed E-state index contributed by atoms with van der Waals surface area (Å²) in [6, 6.07) is 6.49. The van der Waals surface area contributed by atoms with Crippen molar-refractivity contribution in [2.24, 2.45) is 17.6 Å². The molecule has 0 aliphatic heterocycles. The number of likely N-dealkylation sites (N-methyl/N-ethyl adjacent to an activating group) is 1. The third-order valence-electron chi connectivity index (χ3n) is 8.21. The minimum atomic E-state index is -2.61. The number of nitrogens with zero attached hydrogens (tertiary/aromatic N) is 2. The highest BCUT2D eigenvalue weighted by atomic mass is 16.5. The largest absolute Gasteiger partial charge is 0.508 e. The summed E-state index contributed by atoms with van der Waals surface area (Å²) in [5.41, 5.74) is 3.88. The Morgan fingerprint density at radius 3 is 2.29 bits per heavy atom. The molecule has 5 N–H and O–H groups in total. The maximum absolute atomic E-state index is 14.1. The van der Waals surface area contributed by atoms with Gasteiger partial charge in [0.25, 0.3) is 5.91 Å². The zero-order valence-electron chi connectivity index (χ0n) is 21.9. The molecule has 2 aromatic carbocycles. The van der Waals surface area contributed by atoms with Crippen molar-refractivity contribution in [3.63, 3.8) is 0 Å². The Morgan fingerprint density at radius 2 is 1.74 bits per heavy atom. The average Bonchev–Trinajstić information content (AvgIpc) is 2.84. The van der Waals surface area contributed by atoms with Gasteiger partial charge in [0, 0.05) is 42.0 Å². The van der Waals surface area contributed by atoms with Gasteiger partial charge in [-0.2, -0.15) is 0 Å². The van der Waals surface area contributed by atoms with Gasteiger partial charge in [-0.3, -0.25) is 19.3 Å². The van der Waals surface area contributed by atoms with Gasteiger partial charge in [-0.25, -0.2) is 0 Å². The number of nitrogens with two attached hydrogens (primary N) is 1. The first kappa shape index (κ1) is 25.7. The summed E-state index contributed by atoms with van der Waals surface area (Å²) in [4.78, 5) is 42.9. The van der Waals surface area contributed by atoms with Gasteiger partial charge in [0.1, 0.15) is 22.8 Å². The molecule has 1 fully saturated rings. The standard InChI is InChI=1S/C28H31N3O7/c1-30(2)20-13-8-6-7-9-14(13)24(38-5)18-15(20)10-12-11-16-21(31(3)4)23(33)19(27(29)36)26(35)28(16,37)25(34)17(12)22(18)32/h6-9,12,16,21,32,35,37H,10-11H2,1-5H3,(H2,29,36)/t12-,16-,21-,28-/m0/s1. The number of fused-ring (bicyclic) bond motifs is 4. The average molecular weight is 522 g/mol. The lowest BCUT2D eigenvalue weighted by atomic mass is 9.57. The monoisotopic (exact) mass is 521 g/mol. The van der Waals surface area contributed by atoms with E-state index in [0.29, 0.717) is 17.7 Å². The molecule has 0 heterocycles. The van der Waals surface area contributed by atoms with E-state index in [-0.39, 0.29) is 17.8 Å². The van der Waals surface area contributed by atoms with Crippen molar-refractivity contribution in [1.82, 2.24) is 4.90 Å². The number of aliphatic hydroxyl groups is 3. The van der Waals surface area contributed by atoms with Crippen LogP contribution in [-0.4, -0.2) is 84.6 Å². The lowest BCUT2D eigenvalue weighted by Gasteiger charge is -2.50. The number of ketones is 2. The Balaban J connectivity index is 1.83. The maximum Gasteiger partial charge on any atom is 0.255 e. The van der Waals surface area contributed by atoms with Crippen molar-refractivity contribution in [3.8, 4) is 5.75 Å². The van der Waals surface area contributed by atoms with Gasteiger partial charge < -0.3 is 30.7 Å². The Kier molecular flexibility index (Phi) is 5.81. The normalized spacial score (nSPS) is 26.9. The Labute approximate surface area is 219 Å². The van der Waals surface area contributed by atoms with Crippen LogP contribution in [0.2, 0.25) is 0 Å². The predicted molar refractivity (Wildman–Crippen MR) is 141 cm³/mol. The lowest BCUT2D eigenvalue weighted by Crippen LogP contribution is -2.65. The van der Waals surface area contributed by atoms with Gasteiger partial charge >= 0.3 is 0 Å². The van der Waals surface area contributed by atoms with Crippen LogP contribution < -0.4 is 15.4 Å². The van der Waals surface area contributed by atoms with Gasteiger partial charge in [-0.1, -0.05) is 24.3 Å². The van der Waals surface area contributed by atoms with E-state index in [2.05, 4.69) is 0 Å². The van der Waals surface area contributed by atoms with Crippen molar-refractivity contribution in [2.45, 2.75) is 24.5 Å². The summed E-state index contributed by atoms with van der Waals surface area (Å²) in [7, 11) is 8.45. The molecule has 0 aromatic heterocycles. The highest BCUT2D eigenvalue weighted by Gasteiger charge is 2.64. The molecule has 38 heavy (non-hydrogen) atoms. The summed E-state index contributed by atoms with van der Waals surface area (Å²) < 4.78 is 5.75. The van der Waals surface area contributed by atoms with Gasteiger partial charge in [-0.15, -0.1) is 0 Å². The Bertz CT molecular complexity index is 1490. The third kappa shape index (κ3) is 3.16. The fraction of sp³-hybridized carbons (Fsp3) is 0.393. The molecule has 4 atom stereocenters. The quantitative estimate of drug-likeness (QED) is 0.438. The van der Waals surface area contributed by atoms with Gasteiger partial charge in [0.15, 0.2) is 11.4 Å². The van der Waals surface area contributed by atoms with Crippen LogP contribution in [0.5, 0.6) is 5.75 Å². The second-order valence-electron chi connectivity index (χ2n) is 10.6. The van der Waals surface area contributed by atoms with Crippen molar-refractivity contribution >= 4 is 39.7 Å². The van der Waals surface area contributed by atoms with Crippen molar-refractivity contribution in [3.05, 3.63) is 52.3 Å². The molecule has 0 spiro atoms. The van der Waals surface area contributed by atoms with Gasteiger partial charge in [-0.05, 0) is 38.4 Å². The zero-order valence-corrected chi connectivity index (χ0v) is 21.9. The van der Waals surface area contributed by atoms with Gasteiger partial charge in [0.05, 0.1) is 18.7 Å².